The quantitative estimate of drug-likeness (QED) is 0.393. The number of hydrogen-bond donors (Lipinski definition) is 5. The minimum Gasteiger partial charge on any atom is -0.504 e. The molecule has 8 nitrogen and oxygen atoms in total. The van der Waals surface area contributed by atoms with Crippen molar-refractivity contribution in [1.82, 2.24) is 10.0 Å². The molecular weight excluding hydrogens is 298 g/mol. The minimum absolute atomic E-state index is 0.0451. The highest BCUT2D eigenvalue weighted by molar-refractivity contribution is 7.89. The van der Waals surface area contributed by atoms with Gasteiger partial charge in [0.05, 0.1) is 11.8 Å². The van der Waals surface area contributed by atoms with Crippen molar-refractivity contribution in [3.8, 4) is 11.5 Å². The molecular formula is C12H19N3O5S. The Morgan fingerprint density at radius 1 is 1.33 bits per heavy atom. The number of benzene rings is 1. The Hall–Kier alpha value is -1.84. The molecule has 9 heteroatoms. The molecule has 1 rings (SSSR count). The molecule has 0 aliphatic carbocycles. The normalized spacial score (nSPS) is 12.9. The van der Waals surface area contributed by atoms with Gasteiger partial charge in [-0.3, -0.25) is 4.79 Å². The summed E-state index contributed by atoms with van der Waals surface area (Å²) < 4.78 is 24.5. The van der Waals surface area contributed by atoms with Crippen molar-refractivity contribution in [2.45, 2.75) is 12.5 Å². The molecule has 21 heavy (non-hydrogen) atoms. The van der Waals surface area contributed by atoms with Gasteiger partial charge in [-0.2, -0.15) is 0 Å². The van der Waals surface area contributed by atoms with Crippen molar-refractivity contribution in [3.63, 3.8) is 0 Å². The number of nitrogens with two attached hydrogens (primary N) is 1. The summed E-state index contributed by atoms with van der Waals surface area (Å²) in [4.78, 5) is 11.7. The second-order valence-electron chi connectivity index (χ2n) is 4.45. The SMILES string of the molecule is CNS(=O)(=O)CCNC(=O)[C@@H](N)Cc1ccc(O)c(O)c1. The maximum absolute atomic E-state index is 11.7. The zero-order valence-electron chi connectivity index (χ0n) is 11.5. The highest BCUT2D eigenvalue weighted by Crippen LogP contribution is 2.25. The maximum Gasteiger partial charge on any atom is 0.237 e. The van der Waals surface area contributed by atoms with Crippen LogP contribution in [-0.2, 0) is 21.2 Å². The first-order valence-electron chi connectivity index (χ1n) is 6.20. The summed E-state index contributed by atoms with van der Waals surface area (Å²) in [5.41, 5.74) is 6.28. The van der Waals surface area contributed by atoms with E-state index in [0.717, 1.165) is 0 Å². The number of hydrogen-bond acceptors (Lipinski definition) is 6. The van der Waals surface area contributed by atoms with Crippen LogP contribution in [-0.4, -0.2) is 49.9 Å². The predicted molar refractivity (Wildman–Crippen MR) is 77.3 cm³/mol. The lowest BCUT2D eigenvalue weighted by Gasteiger charge is -2.12. The van der Waals surface area contributed by atoms with Gasteiger partial charge in [-0.25, -0.2) is 13.1 Å². The lowest BCUT2D eigenvalue weighted by molar-refractivity contribution is -0.122. The first kappa shape index (κ1) is 17.2. The maximum atomic E-state index is 11.7. The molecule has 0 aliphatic heterocycles. The highest BCUT2D eigenvalue weighted by atomic mass is 32.2. The number of rotatable bonds is 7. The molecule has 1 amide bonds. The fourth-order valence-corrected chi connectivity index (χ4v) is 2.16. The molecule has 118 valence electrons. The van der Waals surface area contributed by atoms with E-state index >= 15 is 0 Å². The van der Waals surface area contributed by atoms with Crippen LogP contribution in [0.15, 0.2) is 18.2 Å². The van der Waals surface area contributed by atoms with E-state index in [0.29, 0.717) is 5.56 Å². The summed E-state index contributed by atoms with van der Waals surface area (Å²) >= 11 is 0. The van der Waals surface area contributed by atoms with Crippen molar-refractivity contribution in [2.75, 3.05) is 19.3 Å². The highest BCUT2D eigenvalue weighted by Gasteiger charge is 2.15. The van der Waals surface area contributed by atoms with Gasteiger partial charge in [0, 0.05) is 6.54 Å². The molecule has 0 saturated heterocycles. The molecule has 0 heterocycles. The Bertz CT molecular complexity index is 603. The van der Waals surface area contributed by atoms with E-state index in [1.165, 1.54) is 25.2 Å². The number of amides is 1. The summed E-state index contributed by atoms with van der Waals surface area (Å²) in [5.74, 6) is -1.27. The van der Waals surface area contributed by atoms with E-state index < -0.39 is 22.0 Å². The van der Waals surface area contributed by atoms with Crippen molar-refractivity contribution < 1.29 is 23.4 Å². The van der Waals surface area contributed by atoms with Gasteiger partial charge in [-0.15, -0.1) is 0 Å². The van der Waals surface area contributed by atoms with E-state index in [9.17, 15) is 23.4 Å². The Balaban J connectivity index is 2.49. The number of nitrogens with one attached hydrogen (secondary N) is 2. The van der Waals surface area contributed by atoms with Crippen LogP contribution < -0.4 is 15.8 Å². The molecule has 0 bridgehead atoms. The molecule has 6 N–H and O–H groups in total. The van der Waals surface area contributed by atoms with Gasteiger partial charge < -0.3 is 21.3 Å². The van der Waals surface area contributed by atoms with Gasteiger partial charge in [-0.05, 0) is 31.2 Å². The molecule has 1 atom stereocenters. The van der Waals surface area contributed by atoms with Gasteiger partial charge in [0.25, 0.3) is 0 Å². The van der Waals surface area contributed by atoms with Gasteiger partial charge in [-0.1, -0.05) is 6.07 Å². The largest absolute Gasteiger partial charge is 0.504 e. The predicted octanol–water partition coefficient (Wildman–Crippen LogP) is -1.37. The van der Waals surface area contributed by atoms with Crippen LogP contribution in [0.5, 0.6) is 11.5 Å². The third-order valence-electron chi connectivity index (χ3n) is 2.81. The van der Waals surface area contributed by atoms with E-state index in [1.54, 1.807) is 0 Å². The average molecular weight is 317 g/mol. The number of sulfonamides is 1. The number of carbonyl (C=O) groups is 1. The third kappa shape index (κ3) is 5.58. The summed E-state index contributed by atoms with van der Waals surface area (Å²) in [6, 6.07) is 3.27. The molecule has 0 unspecified atom stereocenters. The Labute approximate surface area is 123 Å². The Morgan fingerprint density at radius 2 is 2.00 bits per heavy atom. The van der Waals surface area contributed by atoms with Crippen molar-refractivity contribution >= 4 is 15.9 Å². The average Bonchev–Trinajstić information content (AvgIpc) is 2.42. The fourth-order valence-electron chi connectivity index (χ4n) is 1.58. The smallest absolute Gasteiger partial charge is 0.237 e. The van der Waals surface area contributed by atoms with Gasteiger partial charge >= 0.3 is 0 Å². The molecule has 0 fully saturated rings. The van der Waals surface area contributed by atoms with Crippen LogP contribution in [0.2, 0.25) is 0 Å². The number of carbonyl (C=O) groups excluding carboxylic acids is 1. The molecule has 0 radical (unpaired) electrons. The molecule has 0 spiro atoms. The second kappa shape index (κ2) is 7.25. The first-order chi connectivity index (χ1) is 9.75. The number of phenolic OH excluding ortho intramolecular Hbond substituents is 2. The second-order valence-corrected chi connectivity index (χ2v) is 6.49. The van der Waals surface area contributed by atoms with Crippen molar-refractivity contribution in [2.24, 2.45) is 5.73 Å². The fraction of sp³-hybridized carbons (Fsp3) is 0.417. The van der Waals surface area contributed by atoms with E-state index in [-0.39, 0.29) is 30.2 Å². The first-order valence-corrected chi connectivity index (χ1v) is 7.86. The topological polar surface area (TPSA) is 142 Å². The number of aromatic hydroxyl groups is 2. The van der Waals surface area contributed by atoms with Crippen LogP contribution in [0, 0.1) is 0 Å². The standard InChI is InChI=1S/C12H19N3O5S/c1-14-21(19,20)5-4-15-12(18)9(13)6-8-2-3-10(16)11(17)7-8/h2-3,7,9,14,16-17H,4-6,13H2,1H3,(H,15,18)/t9-/m0/s1. The molecule has 0 aromatic heterocycles. The van der Waals surface area contributed by atoms with Gasteiger partial charge in [0.2, 0.25) is 15.9 Å². The minimum atomic E-state index is -3.38. The van der Waals surface area contributed by atoms with Gasteiger partial charge in [0.15, 0.2) is 11.5 Å². The van der Waals surface area contributed by atoms with E-state index in [4.69, 9.17) is 5.73 Å². The van der Waals surface area contributed by atoms with E-state index in [1.807, 2.05) is 0 Å². The van der Waals surface area contributed by atoms with Crippen molar-refractivity contribution in [3.05, 3.63) is 23.8 Å². The summed E-state index contributed by atoms with van der Waals surface area (Å²) in [5, 5.41) is 20.9. The molecule has 0 aliphatic rings. The van der Waals surface area contributed by atoms with Gasteiger partial charge in [0.1, 0.15) is 0 Å². The lowest BCUT2D eigenvalue weighted by Crippen LogP contribution is -2.44. The molecule has 0 saturated carbocycles. The number of phenols is 2. The van der Waals surface area contributed by atoms with Crippen molar-refractivity contribution in [1.29, 1.82) is 0 Å². The van der Waals surface area contributed by atoms with E-state index in [2.05, 4.69) is 10.0 Å². The van der Waals surface area contributed by atoms with Crippen LogP contribution in [0.1, 0.15) is 5.56 Å². The molecule has 1 aromatic carbocycles. The summed E-state index contributed by atoms with van der Waals surface area (Å²) in [6.07, 6.45) is 0.151. The van der Waals surface area contributed by atoms with Crippen LogP contribution in [0.4, 0.5) is 0 Å². The monoisotopic (exact) mass is 317 g/mol. The zero-order valence-corrected chi connectivity index (χ0v) is 12.4. The zero-order chi connectivity index (χ0) is 16.0. The lowest BCUT2D eigenvalue weighted by atomic mass is 10.1. The van der Waals surface area contributed by atoms with Crippen LogP contribution in [0.3, 0.4) is 0 Å². The Kier molecular flexibility index (Phi) is 5.94. The molecule has 1 aromatic rings. The summed E-state index contributed by atoms with van der Waals surface area (Å²) in [6.45, 7) is -0.0451. The summed E-state index contributed by atoms with van der Waals surface area (Å²) in [7, 11) is -2.08. The third-order valence-corrected chi connectivity index (χ3v) is 4.18. The van der Waals surface area contributed by atoms with Crippen LogP contribution in [0.25, 0.3) is 0 Å². The van der Waals surface area contributed by atoms with Crippen LogP contribution >= 0.6 is 0 Å². The Morgan fingerprint density at radius 3 is 2.57 bits per heavy atom.